The molecule has 1 aromatic heterocycles. The van der Waals surface area contributed by atoms with Gasteiger partial charge >= 0.3 is 0 Å². The van der Waals surface area contributed by atoms with Crippen LogP contribution in [0.15, 0.2) is 36.4 Å². The van der Waals surface area contributed by atoms with E-state index in [1.165, 1.54) is 0 Å². The smallest absolute Gasteiger partial charge is 0.0750 e. The number of hydrogen-bond donors (Lipinski definition) is 0. The molecule has 1 nitrogen and oxygen atoms in total. The second kappa shape index (κ2) is 7.97. The molecule has 8 heteroatoms. The molecule has 0 fully saturated rings. The van der Waals surface area contributed by atoms with Crippen molar-refractivity contribution in [2.24, 2.45) is 0 Å². The fourth-order valence-electron chi connectivity index (χ4n) is 2.33. The average molecular weight is 564 g/mol. The molecule has 0 saturated carbocycles. The van der Waals surface area contributed by atoms with Crippen molar-refractivity contribution in [3.8, 4) is 22.5 Å². The summed E-state index contributed by atoms with van der Waals surface area (Å²) in [6.07, 6.45) is 0. The molecule has 0 N–H and O–H groups in total. The summed E-state index contributed by atoms with van der Waals surface area (Å²) in [4.78, 5) is 4.65. The Labute approximate surface area is 188 Å². The number of hydrogen-bond acceptors (Lipinski definition) is 1. The number of pyridine rings is 1. The van der Waals surface area contributed by atoms with Gasteiger partial charge in [-0.3, -0.25) is 0 Å². The lowest BCUT2D eigenvalue weighted by atomic mass is 10.1. The number of halogens is 7. The number of aromatic nitrogens is 1. The highest BCUT2D eigenvalue weighted by molar-refractivity contribution is 14.1. The molecule has 0 spiro atoms. The van der Waals surface area contributed by atoms with E-state index in [0.29, 0.717) is 52.7 Å². The third-order valence-electron chi connectivity index (χ3n) is 3.32. The molecule has 1 heterocycles. The summed E-state index contributed by atoms with van der Waals surface area (Å²) in [5.74, 6) is 0. The van der Waals surface area contributed by atoms with Gasteiger partial charge in [-0.2, -0.15) is 0 Å². The lowest BCUT2D eigenvalue weighted by Crippen LogP contribution is -1.93. The van der Waals surface area contributed by atoms with Crippen LogP contribution in [0.1, 0.15) is 0 Å². The van der Waals surface area contributed by atoms with Crippen molar-refractivity contribution in [3.05, 3.63) is 70.1 Å². The second-order valence-corrected chi connectivity index (χ2v) is 8.79. The van der Waals surface area contributed by atoms with Crippen LogP contribution >= 0.6 is 92.2 Å². The van der Waals surface area contributed by atoms with Crippen molar-refractivity contribution in [2.75, 3.05) is 0 Å². The molecule has 2 aromatic carbocycles. The molecule has 0 radical (unpaired) electrons. The SMILES string of the molecule is Clc1cc(Cl)c(-c2cc(I)cc(-c3c(Cl)cc(Cl)cc3Cl)n2)c(Cl)c1. The molecule has 0 unspecified atom stereocenters. The van der Waals surface area contributed by atoms with Gasteiger partial charge in [-0.25, -0.2) is 4.98 Å². The lowest BCUT2D eigenvalue weighted by Gasteiger charge is -2.12. The van der Waals surface area contributed by atoms with Gasteiger partial charge in [0.1, 0.15) is 0 Å². The molecule has 0 aliphatic carbocycles. The monoisotopic (exact) mass is 561 g/mol. The largest absolute Gasteiger partial charge is 0.247 e. The van der Waals surface area contributed by atoms with Gasteiger partial charge in [0, 0.05) is 24.7 Å². The van der Waals surface area contributed by atoms with Crippen LogP contribution < -0.4 is 0 Å². The van der Waals surface area contributed by atoms with Gasteiger partial charge in [-0.15, -0.1) is 0 Å². The first kappa shape index (κ1) is 19.8. The van der Waals surface area contributed by atoms with E-state index in [0.717, 1.165) is 3.57 Å². The standard InChI is InChI=1S/C17H6Cl6IN/c18-7-1-10(20)16(11(21)2-7)14-5-9(24)6-15(25-14)17-12(22)3-8(19)4-13(17)23/h1-6H. The van der Waals surface area contributed by atoms with Crippen molar-refractivity contribution in [1.82, 2.24) is 4.98 Å². The topological polar surface area (TPSA) is 12.9 Å². The predicted octanol–water partition coefficient (Wildman–Crippen LogP) is 8.94. The zero-order valence-corrected chi connectivity index (χ0v) is 18.8. The Morgan fingerprint density at radius 3 is 1.20 bits per heavy atom. The van der Waals surface area contributed by atoms with Gasteiger partial charge in [0.05, 0.1) is 31.5 Å². The third kappa shape index (κ3) is 4.32. The minimum Gasteiger partial charge on any atom is -0.247 e. The van der Waals surface area contributed by atoms with E-state index in [2.05, 4.69) is 27.6 Å². The Morgan fingerprint density at radius 2 is 0.880 bits per heavy atom. The lowest BCUT2D eigenvalue weighted by molar-refractivity contribution is 1.31. The van der Waals surface area contributed by atoms with Crippen LogP contribution in [0, 0.1) is 3.57 Å². The number of rotatable bonds is 2. The van der Waals surface area contributed by atoms with Crippen molar-refractivity contribution >= 4 is 92.2 Å². The Kier molecular flexibility index (Phi) is 6.32. The quantitative estimate of drug-likeness (QED) is 0.284. The predicted molar refractivity (Wildman–Crippen MR) is 118 cm³/mol. The Bertz CT molecular complexity index is 867. The summed E-state index contributed by atoms with van der Waals surface area (Å²) in [6.45, 7) is 0. The molecule has 3 aromatic rings. The summed E-state index contributed by atoms with van der Waals surface area (Å²) < 4.78 is 0.918. The van der Waals surface area contributed by atoms with Crippen molar-refractivity contribution in [3.63, 3.8) is 0 Å². The highest BCUT2D eigenvalue weighted by Crippen LogP contribution is 2.40. The average Bonchev–Trinajstić information content (AvgIpc) is 2.44. The van der Waals surface area contributed by atoms with Crippen molar-refractivity contribution in [1.29, 1.82) is 0 Å². The highest BCUT2D eigenvalue weighted by Gasteiger charge is 2.17. The first-order valence-corrected chi connectivity index (χ1v) is 10.1. The molecule has 128 valence electrons. The number of benzene rings is 2. The molecule has 0 atom stereocenters. The van der Waals surface area contributed by atoms with E-state index in [4.69, 9.17) is 69.6 Å². The summed E-state index contributed by atoms with van der Waals surface area (Å²) in [5, 5.41) is 2.54. The molecule has 0 aliphatic rings. The zero-order valence-electron chi connectivity index (χ0n) is 12.1. The number of nitrogens with zero attached hydrogens (tertiary/aromatic N) is 1. The Hall–Kier alpha value is 0.0600. The van der Waals surface area contributed by atoms with Crippen LogP contribution in [0.2, 0.25) is 30.1 Å². The minimum atomic E-state index is 0.409. The molecule has 0 aliphatic heterocycles. The van der Waals surface area contributed by atoms with Crippen LogP contribution in [0.4, 0.5) is 0 Å². The molecule has 3 rings (SSSR count). The van der Waals surface area contributed by atoms with Gasteiger partial charge in [-0.1, -0.05) is 69.6 Å². The van der Waals surface area contributed by atoms with Crippen LogP contribution in [-0.4, -0.2) is 4.98 Å². The van der Waals surface area contributed by atoms with Crippen LogP contribution in [0.25, 0.3) is 22.5 Å². The fraction of sp³-hybridized carbons (Fsp3) is 0. The van der Waals surface area contributed by atoms with Crippen LogP contribution in [0.5, 0.6) is 0 Å². The summed E-state index contributed by atoms with van der Waals surface area (Å²) in [7, 11) is 0. The van der Waals surface area contributed by atoms with Gasteiger partial charge in [0.2, 0.25) is 0 Å². The van der Waals surface area contributed by atoms with E-state index in [-0.39, 0.29) is 0 Å². The van der Waals surface area contributed by atoms with E-state index < -0.39 is 0 Å². The first-order valence-electron chi connectivity index (χ1n) is 6.73. The van der Waals surface area contributed by atoms with Crippen LogP contribution in [0.3, 0.4) is 0 Å². The van der Waals surface area contributed by atoms with Gasteiger partial charge in [-0.05, 0) is 59.0 Å². The molecule has 0 bridgehead atoms. The summed E-state index contributed by atoms with van der Waals surface area (Å²) >= 11 is 39.4. The van der Waals surface area contributed by atoms with Gasteiger partial charge in [0.15, 0.2) is 0 Å². The fourth-order valence-corrected chi connectivity index (χ4v) is 4.94. The summed E-state index contributed by atoms with van der Waals surface area (Å²) in [5.41, 5.74) is 2.37. The van der Waals surface area contributed by atoms with E-state index >= 15 is 0 Å². The third-order valence-corrected chi connectivity index (χ3v) is 5.57. The molecular formula is C17H6Cl6IN. The Morgan fingerprint density at radius 1 is 0.560 bits per heavy atom. The van der Waals surface area contributed by atoms with E-state index in [1.54, 1.807) is 24.3 Å². The molecule has 0 saturated heterocycles. The van der Waals surface area contributed by atoms with Crippen LogP contribution in [-0.2, 0) is 0 Å². The Balaban J connectivity index is 2.25. The highest BCUT2D eigenvalue weighted by atomic mass is 127. The minimum absolute atomic E-state index is 0.409. The molecule has 25 heavy (non-hydrogen) atoms. The zero-order chi connectivity index (χ0) is 18.3. The van der Waals surface area contributed by atoms with Gasteiger partial charge < -0.3 is 0 Å². The van der Waals surface area contributed by atoms with Crippen molar-refractivity contribution in [2.45, 2.75) is 0 Å². The maximum atomic E-state index is 6.32. The normalized spacial score (nSPS) is 11.0. The summed E-state index contributed by atoms with van der Waals surface area (Å²) in [6, 6.07) is 10.2. The molecule has 0 amide bonds. The maximum absolute atomic E-state index is 6.32. The van der Waals surface area contributed by atoms with Crippen molar-refractivity contribution < 1.29 is 0 Å². The maximum Gasteiger partial charge on any atom is 0.0750 e. The van der Waals surface area contributed by atoms with Gasteiger partial charge in [0.25, 0.3) is 0 Å². The van der Waals surface area contributed by atoms with E-state index in [9.17, 15) is 0 Å². The first-order chi connectivity index (χ1) is 11.8. The second-order valence-electron chi connectivity index (χ2n) is 5.04. The molecular weight excluding hydrogens is 558 g/mol. The van der Waals surface area contributed by atoms with E-state index in [1.807, 2.05) is 12.1 Å².